The fourth-order valence-electron chi connectivity index (χ4n) is 1.66. The molecule has 0 bridgehead atoms. The van der Waals surface area contributed by atoms with Crippen molar-refractivity contribution in [2.45, 2.75) is 4.90 Å². The molecule has 0 aliphatic rings. The first-order valence-corrected chi connectivity index (χ1v) is 7.02. The van der Waals surface area contributed by atoms with Crippen molar-refractivity contribution in [1.29, 1.82) is 0 Å². The zero-order valence-electron chi connectivity index (χ0n) is 10.7. The number of anilines is 1. The summed E-state index contributed by atoms with van der Waals surface area (Å²) in [7, 11) is 0. The van der Waals surface area contributed by atoms with E-state index in [0.29, 0.717) is 11.3 Å². The molecule has 0 heterocycles. The van der Waals surface area contributed by atoms with Gasteiger partial charge in [-0.1, -0.05) is 12.1 Å². The van der Waals surface area contributed by atoms with Crippen LogP contribution < -0.4 is 5.32 Å². The summed E-state index contributed by atoms with van der Waals surface area (Å²) in [5.41, 5.74) is 0.864. The van der Waals surface area contributed by atoms with Gasteiger partial charge in [-0.15, -0.1) is 11.8 Å². The number of hydrogen-bond acceptors (Lipinski definition) is 4. The summed E-state index contributed by atoms with van der Waals surface area (Å²) in [6.07, 6.45) is 1.93. The Kier molecular flexibility index (Phi) is 4.37. The molecule has 0 atom stereocenters. The molecule has 0 saturated heterocycles. The Balaban J connectivity index is 2.18. The number of carbonyl (C=O) groups excluding carboxylic acids is 1. The van der Waals surface area contributed by atoms with Crippen molar-refractivity contribution >= 4 is 29.0 Å². The molecule has 5 nitrogen and oxygen atoms in total. The molecule has 0 unspecified atom stereocenters. The van der Waals surface area contributed by atoms with Gasteiger partial charge < -0.3 is 5.32 Å². The van der Waals surface area contributed by atoms with Crippen molar-refractivity contribution in [1.82, 2.24) is 0 Å². The Morgan fingerprint density at radius 1 is 1.20 bits per heavy atom. The van der Waals surface area contributed by atoms with Crippen molar-refractivity contribution in [3.8, 4) is 0 Å². The quantitative estimate of drug-likeness (QED) is 0.530. The Bertz CT molecular complexity index is 658. The van der Waals surface area contributed by atoms with Gasteiger partial charge in [0.05, 0.1) is 4.92 Å². The lowest BCUT2D eigenvalue weighted by Gasteiger charge is -2.06. The molecule has 0 radical (unpaired) electrons. The number of nitrogens with one attached hydrogen (secondary N) is 1. The number of amides is 1. The van der Waals surface area contributed by atoms with Crippen LogP contribution in [-0.4, -0.2) is 17.1 Å². The average Bonchev–Trinajstić information content (AvgIpc) is 2.47. The summed E-state index contributed by atoms with van der Waals surface area (Å²) >= 11 is 1.54. The number of non-ortho nitro benzene ring substituents is 1. The maximum atomic E-state index is 12.1. The van der Waals surface area contributed by atoms with Crippen LogP contribution in [0.15, 0.2) is 53.4 Å². The van der Waals surface area contributed by atoms with Crippen molar-refractivity contribution in [3.05, 3.63) is 64.2 Å². The number of thioether (sulfide) groups is 1. The Morgan fingerprint density at radius 3 is 2.65 bits per heavy atom. The van der Waals surface area contributed by atoms with Crippen molar-refractivity contribution in [2.75, 3.05) is 11.6 Å². The van der Waals surface area contributed by atoms with Crippen LogP contribution in [0.4, 0.5) is 11.4 Å². The number of nitro benzene ring substituents is 1. The Hall–Kier alpha value is -2.34. The van der Waals surface area contributed by atoms with E-state index >= 15 is 0 Å². The molecular formula is C14H12N2O3S. The lowest BCUT2D eigenvalue weighted by Crippen LogP contribution is -2.11. The largest absolute Gasteiger partial charge is 0.322 e. The molecule has 0 fully saturated rings. The van der Waals surface area contributed by atoms with Gasteiger partial charge in [-0.05, 0) is 30.5 Å². The van der Waals surface area contributed by atoms with Crippen molar-refractivity contribution < 1.29 is 9.72 Å². The van der Waals surface area contributed by atoms with Crippen molar-refractivity contribution in [3.63, 3.8) is 0 Å². The monoisotopic (exact) mass is 288 g/mol. The van der Waals surface area contributed by atoms with E-state index in [2.05, 4.69) is 5.32 Å². The standard InChI is InChI=1S/C14H12N2O3S/c1-20-13-7-2-4-10(8-13)14(17)15-11-5-3-6-12(9-11)16(18)19/h2-9H,1H3,(H,15,17). The van der Waals surface area contributed by atoms with Gasteiger partial charge in [0.25, 0.3) is 11.6 Å². The smallest absolute Gasteiger partial charge is 0.271 e. The molecule has 20 heavy (non-hydrogen) atoms. The fourth-order valence-corrected chi connectivity index (χ4v) is 2.12. The lowest BCUT2D eigenvalue weighted by atomic mass is 10.2. The zero-order chi connectivity index (χ0) is 14.5. The van der Waals surface area contributed by atoms with E-state index in [1.165, 1.54) is 18.2 Å². The molecule has 2 rings (SSSR count). The molecule has 2 aromatic rings. The Morgan fingerprint density at radius 2 is 1.95 bits per heavy atom. The summed E-state index contributed by atoms with van der Waals surface area (Å²) in [5.74, 6) is -0.290. The predicted molar refractivity (Wildman–Crippen MR) is 79.3 cm³/mol. The maximum Gasteiger partial charge on any atom is 0.271 e. The number of carbonyl (C=O) groups is 1. The predicted octanol–water partition coefficient (Wildman–Crippen LogP) is 3.57. The first-order valence-electron chi connectivity index (χ1n) is 5.80. The molecule has 102 valence electrons. The number of nitrogens with zero attached hydrogens (tertiary/aromatic N) is 1. The first kappa shape index (κ1) is 14.1. The molecular weight excluding hydrogens is 276 g/mol. The highest BCUT2D eigenvalue weighted by Crippen LogP contribution is 2.19. The van der Waals surface area contributed by atoms with Gasteiger partial charge >= 0.3 is 0 Å². The third kappa shape index (κ3) is 3.36. The third-order valence-electron chi connectivity index (χ3n) is 2.65. The number of hydrogen-bond donors (Lipinski definition) is 1. The van der Waals surface area contributed by atoms with Crippen LogP contribution in [0.3, 0.4) is 0 Å². The molecule has 6 heteroatoms. The molecule has 0 aliphatic heterocycles. The van der Waals surface area contributed by atoms with Gasteiger partial charge in [-0.25, -0.2) is 0 Å². The van der Waals surface area contributed by atoms with Crippen LogP contribution in [0.2, 0.25) is 0 Å². The molecule has 1 N–H and O–H groups in total. The fraction of sp³-hybridized carbons (Fsp3) is 0.0714. The van der Waals surface area contributed by atoms with E-state index < -0.39 is 4.92 Å². The van der Waals surface area contributed by atoms with Gasteiger partial charge in [0, 0.05) is 28.3 Å². The van der Waals surface area contributed by atoms with Crippen LogP contribution in [0.25, 0.3) is 0 Å². The maximum absolute atomic E-state index is 12.1. The normalized spacial score (nSPS) is 10.1. The second-order valence-corrected chi connectivity index (χ2v) is 4.87. The van der Waals surface area contributed by atoms with Crippen LogP contribution >= 0.6 is 11.8 Å². The number of rotatable bonds is 4. The minimum atomic E-state index is -0.496. The van der Waals surface area contributed by atoms with E-state index in [-0.39, 0.29) is 11.6 Å². The molecule has 1 amide bonds. The number of benzene rings is 2. The second kappa shape index (κ2) is 6.21. The van der Waals surface area contributed by atoms with Gasteiger partial charge in [0.15, 0.2) is 0 Å². The molecule has 0 saturated carbocycles. The lowest BCUT2D eigenvalue weighted by molar-refractivity contribution is -0.384. The molecule has 0 aliphatic carbocycles. The first-order chi connectivity index (χ1) is 9.60. The van der Waals surface area contributed by atoms with Crippen LogP contribution in [0.5, 0.6) is 0 Å². The highest BCUT2D eigenvalue weighted by molar-refractivity contribution is 7.98. The Labute approximate surface area is 120 Å². The number of nitro groups is 1. The summed E-state index contributed by atoms with van der Waals surface area (Å²) in [5, 5.41) is 13.3. The van der Waals surface area contributed by atoms with E-state index in [4.69, 9.17) is 0 Å². The second-order valence-electron chi connectivity index (χ2n) is 3.99. The summed E-state index contributed by atoms with van der Waals surface area (Å²) in [6.45, 7) is 0. The summed E-state index contributed by atoms with van der Waals surface area (Å²) < 4.78 is 0. The summed E-state index contributed by atoms with van der Waals surface area (Å²) in [4.78, 5) is 23.2. The average molecular weight is 288 g/mol. The minimum Gasteiger partial charge on any atom is -0.322 e. The van der Waals surface area contributed by atoms with Gasteiger partial charge in [-0.2, -0.15) is 0 Å². The molecule has 2 aromatic carbocycles. The van der Waals surface area contributed by atoms with Crippen LogP contribution in [0.1, 0.15) is 10.4 Å². The van der Waals surface area contributed by atoms with E-state index in [1.807, 2.05) is 12.3 Å². The molecule has 0 aromatic heterocycles. The SMILES string of the molecule is CSc1cccc(C(=O)Nc2cccc([N+](=O)[O-])c2)c1. The third-order valence-corrected chi connectivity index (χ3v) is 3.37. The zero-order valence-corrected chi connectivity index (χ0v) is 11.5. The van der Waals surface area contributed by atoms with E-state index in [1.54, 1.807) is 36.0 Å². The minimum absolute atomic E-state index is 0.0549. The van der Waals surface area contributed by atoms with E-state index in [9.17, 15) is 14.9 Å². The van der Waals surface area contributed by atoms with E-state index in [0.717, 1.165) is 4.90 Å². The van der Waals surface area contributed by atoms with Crippen LogP contribution in [-0.2, 0) is 0 Å². The topological polar surface area (TPSA) is 72.2 Å². The summed E-state index contributed by atoms with van der Waals surface area (Å²) in [6, 6.07) is 13.0. The van der Waals surface area contributed by atoms with Crippen LogP contribution in [0, 0.1) is 10.1 Å². The van der Waals surface area contributed by atoms with Gasteiger partial charge in [0.2, 0.25) is 0 Å². The highest BCUT2D eigenvalue weighted by Gasteiger charge is 2.10. The highest BCUT2D eigenvalue weighted by atomic mass is 32.2. The van der Waals surface area contributed by atoms with Crippen molar-refractivity contribution in [2.24, 2.45) is 0 Å². The van der Waals surface area contributed by atoms with Gasteiger partial charge in [-0.3, -0.25) is 14.9 Å². The molecule has 0 spiro atoms. The van der Waals surface area contributed by atoms with Gasteiger partial charge in [0.1, 0.15) is 0 Å².